The van der Waals surface area contributed by atoms with Crippen molar-refractivity contribution >= 4 is 22.4 Å². The first-order chi connectivity index (χ1) is 14.0. The molecule has 0 unspecified atom stereocenters. The maximum Gasteiger partial charge on any atom is 0.573 e. The van der Waals surface area contributed by atoms with E-state index in [4.69, 9.17) is 4.99 Å². The number of halogens is 3. The van der Waals surface area contributed by atoms with Crippen molar-refractivity contribution in [2.75, 3.05) is 0 Å². The van der Waals surface area contributed by atoms with Crippen LogP contribution in [0.3, 0.4) is 0 Å². The van der Waals surface area contributed by atoms with Gasteiger partial charge in [-0.05, 0) is 75.3 Å². The molecule has 2 nitrogen and oxygen atoms in total. The first kappa shape index (κ1) is 25.8. The van der Waals surface area contributed by atoms with Gasteiger partial charge in [0.2, 0.25) is 0 Å². The number of thioether (sulfide) groups is 1. The molecule has 0 heterocycles. The highest BCUT2D eigenvalue weighted by molar-refractivity contribution is 8.16. The second-order valence-corrected chi connectivity index (χ2v) is 7.97. The molecule has 0 aliphatic heterocycles. The Kier molecular flexibility index (Phi) is 10.2. The molecule has 0 aromatic heterocycles. The van der Waals surface area contributed by atoms with Gasteiger partial charge in [0.15, 0.2) is 0 Å². The highest BCUT2D eigenvalue weighted by Gasteiger charge is 2.31. The van der Waals surface area contributed by atoms with E-state index in [1.54, 1.807) is 23.9 Å². The van der Waals surface area contributed by atoms with Crippen LogP contribution in [0.4, 0.5) is 13.2 Å². The lowest BCUT2D eigenvalue weighted by Gasteiger charge is -2.13. The summed E-state index contributed by atoms with van der Waals surface area (Å²) in [6.45, 7) is 15.9. The molecule has 164 valence electrons. The smallest absolute Gasteiger partial charge is 0.406 e. The lowest BCUT2D eigenvalue weighted by molar-refractivity contribution is -0.274. The van der Waals surface area contributed by atoms with Crippen LogP contribution in [0.5, 0.6) is 5.75 Å². The average Bonchev–Trinajstić information content (AvgIpc) is 2.68. The Labute approximate surface area is 182 Å². The molecule has 0 aliphatic carbocycles. The molecule has 1 rings (SSSR count). The largest absolute Gasteiger partial charge is 0.573 e. The van der Waals surface area contributed by atoms with Gasteiger partial charge in [-0.1, -0.05) is 48.0 Å². The quantitative estimate of drug-likeness (QED) is 0.230. The van der Waals surface area contributed by atoms with Crippen LogP contribution >= 0.6 is 11.8 Å². The number of nitrogens with zero attached hydrogens (tertiary/aromatic N) is 1. The first-order valence-corrected chi connectivity index (χ1v) is 10.6. The van der Waals surface area contributed by atoms with Gasteiger partial charge in [0.1, 0.15) is 10.8 Å². The van der Waals surface area contributed by atoms with Crippen LogP contribution in [-0.4, -0.2) is 11.4 Å². The normalized spacial score (nSPS) is 13.6. The molecule has 0 atom stereocenters. The van der Waals surface area contributed by atoms with Crippen LogP contribution in [0.15, 0.2) is 69.7 Å². The van der Waals surface area contributed by atoms with Crippen LogP contribution in [0.25, 0.3) is 5.57 Å². The minimum absolute atomic E-state index is 0.237. The topological polar surface area (TPSA) is 21.6 Å². The van der Waals surface area contributed by atoms with Crippen molar-refractivity contribution in [3.05, 3.63) is 70.3 Å². The number of hydrogen-bond acceptors (Lipinski definition) is 3. The van der Waals surface area contributed by atoms with Crippen molar-refractivity contribution in [1.29, 1.82) is 0 Å². The summed E-state index contributed by atoms with van der Waals surface area (Å²) in [5.74, 6) is -0.237. The van der Waals surface area contributed by atoms with Crippen molar-refractivity contribution in [1.82, 2.24) is 0 Å². The van der Waals surface area contributed by atoms with E-state index in [9.17, 15) is 13.2 Å². The predicted molar refractivity (Wildman–Crippen MR) is 124 cm³/mol. The van der Waals surface area contributed by atoms with E-state index in [2.05, 4.69) is 30.6 Å². The number of benzene rings is 1. The Morgan fingerprint density at radius 2 is 1.70 bits per heavy atom. The fourth-order valence-corrected chi connectivity index (χ4v) is 3.31. The third-order valence-corrected chi connectivity index (χ3v) is 5.63. The maximum absolute atomic E-state index is 12.4. The molecule has 0 bridgehead atoms. The summed E-state index contributed by atoms with van der Waals surface area (Å²) in [5, 5.41) is 2.95. The third kappa shape index (κ3) is 8.66. The Morgan fingerprint density at radius 3 is 2.17 bits per heavy atom. The van der Waals surface area contributed by atoms with Crippen molar-refractivity contribution in [2.45, 2.75) is 60.7 Å². The first-order valence-electron chi connectivity index (χ1n) is 9.70. The summed E-state index contributed by atoms with van der Waals surface area (Å²) < 4.78 is 41.1. The monoisotopic (exact) mass is 437 g/mol. The van der Waals surface area contributed by atoms with Gasteiger partial charge in [-0.3, -0.25) is 0 Å². The Bertz CT molecular complexity index is 855. The molecule has 6 heteroatoms. The fraction of sp³-hybridized carbons (Fsp3) is 0.375. The van der Waals surface area contributed by atoms with Crippen LogP contribution in [0.2, 0.25) is 0 Å². The molecule has 0 aliphatic rings. The zero-order valence-electron chi connectivity index (χ0n) is 18.5. The van der Waals surface area contributed by atoms with E-state index in [0.717, 1.165) is 39.4 Å². The Morgan fingerprint density at radius 1 is 1.10 bits per heavy atom. The molecule has 0 saturated carbocycles. The van der Waals surface area contributed by atoms with E-state index in [1.165, 1.54) is 17.7 Å². The lowest BCUT2D eigenvalue weighted by atomic mass is 10.0. The summed E-state index contributed by atoms with van der Waals surface area (Å²) in [4.78, 5) is 4.90. The molecule has 30 heavy (non-hydrogen) atoms. The second kappa shape index (κ2) is 11.8. The van der Waals surface area contributed by atoms with E-state index < -0.39 is 6.36 Å². The van der Waals surface area contributed by atoms with Gasteiger partial charge in [0, 0.05) is 12.1 Å². The summed E-state index contributed by atoms with van der Waals surface area (Å²) in [6.07, 6.45) is -1.26. The number of alkyl halides is 3. The number of rotatable bonds is 8. The average molecular weight is 438 g/mol. The van der Waals surface area contributed by atoms with E-state index in [1.807, 2.05) is 33.8 Å². The summed E-state index contributed by atoms with van der Waals surface area (Å²) in [6, 6.07) is 5.90. The van der Waals surface area contributed by atoms with Gasteiger partial charge in [0.25, 0.3) is 0 Å². The SMILES string of the molecule is C=CCC(/N=C(S/C=C(\C)CC)\C(C)=C(/C)c1ccc(OC(F)(F)F)cc1)=C(C)C. The summed E-state index contributed by atoms with van der Waals surface area (Å²) in [5.41, 5.74) is 6.03. The minimum atomic E-state index is -4.70. The number of ether oxygens (including phenoxy) is 1. The summed E-state index contributed by atoms with van der Waals surface area (Å²) in [7, 11) is 0. The predicted octanol–water partition coefficient (Wildman–Crippen LogP) is 8.69. The number of aliphatic imine (C=N–C) groups is 1. The third-order valence-electron chi connectivity index (χ3n) is 4.48. The lowest BCUT2D eigenvalue weighted by Crippen LogP contribution is -2.17. The Hall–Kier alpha value is -2.21. The molecule has 0 amide bonds. The molecule has 0 radical (unpaired) electrons. The fourth-order valence-electron chi connectivity index (χ4n) is 2.34. The van der Waals surface area contributed by atoms with Crippen molar-refractivity contribution in [3.63, 3.8) is 0 Å². The number of allylic oxidation sites excluding steroid dienone is 4. The van der Waals surface area contributed by atoms with Gasteiger partial charge < -0.3 is 4.74 Å². The van der Waals surface area contributed by atoms with E-state index in [0.29, 0.717) is 6.42 Å². The number of hydrogen-bond donors (Lipinski definition) is 0. The standard InChI is InChI=1S/C24H30F3NOS/c1-8-10-22(16(3)4)28-23(30-15-17(5)9-2)19(7)18(6)20-11-13-21(14-12-20)29-24(25,26)27/h8,11-15H,1,9-10H2,2-7H3/b17-15+,19-18+,28-23+. The van der Waals surface area contributed by atoms with E-state index in [-0.39, 0.29) is 5.75 Å². The zero-order valence-corrected chi connectivity index (χ0v) is 19.3. The molecular weight excluding hydrogens is 407 g/mol. The van der Waals surface area contributed by atoms with Crippen molar-refractivity contribution in [3.8, 4) is 5.75 Å². The van der Waals surface area contributed by atoms with Crippen molar-refractivity contribution in [2.24, 2.45) is 4.99 Å². The molecular formula is C24H30F3NOS. The van der Waals surface area contributed by atoms with Gasteiger partial charge >= 0.3 is 6.36 Å². The molecule has 0 N–H and O–H groups in total. The highest BCUT2D eigenvalue weighted by Crippen LogP contribution is 2.29. The minimum Gasteiger partial charge on any atom is -0.406 e. The van der Waals surface area contributed by atoms with Crippen LogP contribution in [0.1, 0.15) is 59.9 Å². The molecule has 0 spiro atoms. The van der Waals surface area contributed by atoms with Crippen LogP contribution in [0, 0.1) is 0 Å². The molecule has 0 saturated heterocycles. The van der Waals surface area contributed by atoms with Crippen molar-refractivity contribution < 1.29 is 17.9 Å². The van der Waals surface area contributed by atoms with Crippen LogP contribution in [-0.2, 0) is 0 Å². The summed E-state index contributed by atoms with van der Waals surface area (Å²) >= 11 is 1.56. The maximum atomic E-state index is 12.4. The second-order valence-electron chi connectivity index (χ2n) is 7.11. The highest BCUT2D eigenvalue weighted by atomic mass is 32.2. The molecule has 1 aromatic carbocycles. The van der Waals surface area contributed by atoms with Gasteiger partial charge in [0.05, 0.1) is 0 Å². The zero-order chi connectivity index (χ0) is 22.9. The molecule has 1 aromatic rings. The van der Waals surface area contributed by atoms with Crippen LogP contribution < -0.4 is 4.74 Å². The Balaban J connectivity index is 3.38. The van der Waals surface area contributed by atoms with Gasteiger partial charge in [-0.25, -0.2) is 4.99 Å². The van der Waals surface area contributed by atoms with Gasteiger partial charge in [-0.15, -0.1) is 19.8 Å². The van der Waals surface area contributed by atoms with Gasteiger partial charge in [-0.2, -0.15) is 0 Å². The van der Waals surface area contributed by atoms with E-state index >= 15 is 0 Å². The molecule has 0 fully saturated rings.